The molecule has 6 nitrogen and oxygen atoms in total. The molecule has 9 heteroatoms. The van der Waals surface area contributed by atoms with Crippen LogP contribution in [0.4, 0.5) is 13.2 Å². The molecule has 1 N–H and O–H groups in total. The van der Waals surface area contributed by atoms with Crippen LogP contribution in [-0.4, -0.2) is 73.2 Å². The van der Waals surface area contributed by atoms with E-state index >= 15 is 0 Å². The van der Waals surface area contributed by atoms with Gasteiger partial charge in [-0.2, -0.15) is 13.2 Å². The van der Waals surface area contributed by atoms with Gasteiger partial charge in [0.25, 0.3) is 0 Å². The molecule has 4 aliphatic carbocycles. The van der Waals surface area contributed by atoms with E-state index in [9.17, 15) is 22.8 Å². The van der Waals surface area contributed by atoms with Gasteiger partial charge in [0.2, 0.25) is 5.91 Å². The molecule has 3 unspecified atom stereocenters. The van der Waals surface area contributed by atoms with Crippen molar-refractivity contribution in [3.8, 4) is 0 Å². The zero-order valence-corrected chi connectivity index (χ0v) is 20.1. The Bertz CT molecular complexity index is 925. The molecule has 1 saturated heterocycles. The molecule has 0 aromatic heterocycles. The lowest BCUT2D eigenvalue weighted by molar-refractivity contribution is -0.198. The summed E-state index contributed by atoms with van der Waals surface area (Å²) in [6.07, 6.45) is -0.242. The predicted octanol–water partition coefficient (Wildman–Crippen LogP) is 3.22. The largest absolute Gasteiger partial charge is 0.469 e. The molecule has 5 aliphatic rings. The van der Waals surface area contributed by atoms with E-state index in [1.165, 1.54) is 12.0 Å². The first-order chi connectivity index (χ1) is 16.7. The minimum atomic E-state index is -4.41. The van der Waals surface area contributed by atoms with Crippen LogP contribution in [0.3, 0.4) is 0 Å². The second kappa shape index (κ2) is 9.39. The van der Waals surface area contributed by atoms with Crippen LogP contribution in [0.1, 0.15) is 37.7 Å². The van der Waals surface area contributed by atoms with Crippen LogP contribution >= 0.6 is 0 Å². The third-order valence-electron chi connectivity index (χ3n) is 8.77. The second-order valence-electron chi connectivity index (χ2n) is 11.1. The number of amides is 1. The maximum Gasteiger partial charge on any atom is 0.405 e. The lowest BCUT2D eigenvalue weighted by Crippen LogP contribution is -2.63. The molecule has 4 saturated carbocycles. The van der Waals surface area contributed by atoms with E-state index in [1.807, 2.05) is 35.2 Å². The van der Waals surface area contributed by atoms with Gasteiger partial charge in [0.1, 0.15) is 6.04 Å². The number of hydrogen-bond acceptors (Lipinski definition) is 5. The standard InChI is InChI=1S/C26H34F3N3O3/c1-35-24(34)25-11-18-9-19(12-25)23(20(10-18)13-25)30-22(33)16-32-8-7-31(15-21(32)26(27,28)29)14-17-5-3-2-4-6-17/h2-6,18-21,23H,7-16H2,1H3,(H,30,33). The zero-order valence-electron chi connectivity index (χ0n) is 20.1. The maximum absolute atomic E-state index is 14.0. The number of carbonyl (C=O) groups excluding carboxylic acids is 2. The number of nitrogens with one attached hydrogen (secondary N) is 1. The van der Waals surface area contributed by atoms with E-state index in [-0.39, 0.29) is 49.4 Å². The Balaban J connectivity index is 1.21. The van der Waals surface area contributed by atoms with Crippen LogP contribution in [0, 0.1) is 23.2 Å². The highest BCUT2D eigenvalue weighted by Gasteiger charge is 2.59. The molecule has 0 radical (unpaired) electrons. The average Bonchev–Trinajstić information content (AvgIpc) is 2.81. The molecule has 4 bridgehead atoms. The van der Waals surface area contributed by atoms with Gasteiger partial charge < -0.3 is 10.1 Å². The fraction of sp³-hybridized carbons (Fsp3) is 0.692. The first-order valence-electron chi connectivity index (χ1n) is 12.6. The molecule has 5 fully saturated rings. The van der Waals surface area contributed by atoms with E-state index in [2.05, 4.69) is 5.32 Å². The van der Waals surface area contributed by atoms with E-state index < -0.39 is 17.6 Å². The number of halogens is 3. The van der Waals surface area contributed by atoms with Crippen molar-refractivity contribution in [3.63, 3.8) is 0 Å². The Morgan fingerprint density at radius 1 is 1.09 bits per heavy atom. The van der Waals surface area contributed by atoms with Gasteiger partial charge in [-0.25, -0.2) is 0 Å². The fourth-order valence-corrected chi connectivity index (χ4v) is 7.50. The molecule has 1 heterocycles. The van der Waals surface area contributed by atoms with Crippen molar-refractivity contribution in [2.24, 2.45) is 23.2 Å². The number of piperazine rings is 1. The van der Waals surface area contributed by atoms with E-state index in [1.54, 1.807) is 0 Å². The highest BCUT2D eigenvalue weighted by atomic mass is 19.4. The number of rotatable bonds is 6. The lowest BCUT2D eigenvalue weighted by atomic mass is 9.48. The molecule has 192 valence electrons. The summed E-state index contributed by atoms with van der Waals surface area (Å²) in [5.74, 6) is 0.339. The van der Waals surface area contributed by atoms with Crippen LogP contribution < -0.4 is 5.32 Å². The zero-order chi connectivity index (χ0) is 24.8. The number of ether oxygens (including phenoxy) is 1. The first kappa shape index (κ1) is 24.6. The Hall–Kier alpha value is -2.13. The normalized spacial score (nSPS) is 35.1. The van der Waals surface area contributed by atoms with Crippen molar-refractivity contribution in [3.05, 3.63) is 35.9 Å². The summed E-state index contributed by atoms with van der Waals surface area (Å²) in [5, 5.41) is 3.09. The van der Waals surface area contributed by atoms with Crippen molar-refractivity contribution in [1.82, 2.24) is 15.1 Å². The summed E-state index contributed by atoms with van der Waals surface area (Å²) >= 11 is 0. The van der Waals surface area contributed by atoms with Crippen LogP contribution in [0.5, 0.6) is 0 Å². The van der Waals surface area contributed by atoms with E-state index in [0.717, 1.165) is 24.8 Å². The van der Waals surface area contributed by atoms with Gasteiger partial charge in [0.05, 0.1) is 19.1 Å². The quantitative estimate of drug-likeness (QED) is 0.617. The van der Waals surface area contributed by atoms with Crippen molar-refractivity contribution in [2.75, 3.05) is 33.3 Å². The second-order valence-corrected chi connectivity index (χ2v) is 11.1. The lowest BCUT2D eigenvalue weighted by Gasteiger charge is -2.58. The summed E-state index contributed by atoms with van der Waals surface area (Å²) in [7, 11) is 1.43. The number of methoxy groups -OCH3 is 1. The highest BCUT2D eigenvalue weighted by Crippen LogP contribution is 2.60. The number of esters is 1. The average molecular weight is 494 g/mol. The molecule has 6 rings (SSSR count). The molecule has 1 aromatic carbocycles. The molecular formula is C26H34F3N3O3. The minimum Gasteiger partial charge on any atom is -0.469 e. The summed E-state index contributed by atoms with van der Waals surface area (Å²) < 4.78 is 47.0. The van der Waals surface area contributed by atoms with Crippen LogP contribution in [-0.2, 0) is 20.9 Å². The van der Waals surface area contributed by atoms with Crippen molar-refractivity contribution in [2.45, 2.75) is 56.9 Å². The van der Waals surface area contributed by atoms with E-state index in [0.29, 0.717) is 31.8 Å². The molecule has 35 heavy (non-hydrogen) atoms. The molecule has 0 spiro atoms. The number of carbonyl (C=O) groups is 2. The highest BCUT2D eigenvalue weighted by molar-refractivity contribution is 5.79. The van der Waals surface area contributed by atoms with Gasteiger partial charge in [0, 0.05) is 32.2 Å². The molecule has 1 aromatic rings. The number of nitrogens with zero attached hydrogens (tertiary/aromatic N) is 2. The molecule has 3 atom stereocenters. The Morgan fingerprint density at radius 3 is 2.40 bits per heavy atom. The van der Waals surface area contributed by atoms with Crippen molar-refractivity contribution >= 4 is 11.9 Å². The third-order valence-corrected chi connectivity index (χ3v) is 8.77. The van der Waals surface area contributed by atoms with Gasteiger partial charge in [-0.3, -0.25) is 19.4 Å². The number of hydrogen-bond donors (Lipinski definition) is 1. The summed E-state index contributed by atoms with van der Waals surface area (Å²) in [5.41, 5.74) is 0.536. The van der Waals surface area contributed by atoms with Gasteiger partial charge in [-0.05, 0) is 55.4 Å². The maximum atomic E-state index is 14.0. The van der Waals surface area contributed by atoms with E-state index in [4.69, 9.17) is 4.74 Å². The van der Waals surface area contributed by atoms with Gasteiger partial charge >= 0.3 is 12.1 Å². The molecule has 1 amide bonds. The summed E-state index contributed by atoms with van der Waals surface area (Å²) in [6, 6.07) is 7.74. The van der Waals surface area contributed by atoms with Crippen LogP contribution in [0.2, 0.25) is 0 Å². The SMILES string of the molecule is COC(=O)C12CC3CC(C1)C(NC(=O)CN1CCN(Cc4ccccc4)CC1C(F)(F)F)C(C3)C2. The van der Waals surface area contributed by atoms with Crippen molar-refractivity contribution in [1.29, 1.82) is 0 Å². The first-order valence-corrected chi connectivity index (χ1v) is 12.6. The third kappa shape index (κ3) is 4.94. The number of benzene rings is 1. The molecule has 1 aliphatic heterocycles. The predicted molar refractivity (Wildman–Crippen MR) is 123 cm³/mol. The van der Waals surface area contributed by atoms with Crippen molar-refractivity contribution < 1.29 is 27.5 Å². The van der Waals surface area contributed by atoms with Gasteiger partial charge in [-0.15, -0.1) is 0 Å². The summed E-state index contributed by atoms with van der Waals surface area (Å²) in [4.78, 5) is 28.6. The Kier molecular flexibility index (Phi) is 6.59. The van der Waals surface area contributed by atoms with Gasteiger partial charge in [0.15, 0.2) is 0 Å². The monoisotopic (exact) mass is 493 g/mol. The fourth-order valence-electron chi connectivity index (χ4n) is 7.50. The van der Waals surface area contributed by atoms with Gasteiger partial charge in [-0.1, -0.05) is 30.3 Å². The van der Waals surface area contributed by atoms with Crippen LogP contribution in [0.25, 0.3) is 0 Å². The molecular weight excluding hydrogens is 459 g/mol. The van der Waals surface area contributed by atoms with Crippen LogP contribution in [0.15, 0.2) is 30.3 Å². The summed E-state index contributed by atoms with van der Waals surface area (Å²) in [6.45, 7) is 0.721. The minimum absolute atomic E-state index is 0.0689. The Morgan fingerprint density at radius 2 is 1.77 bits per heavy atom. The number of alkyl halides is 3. The smallest absolute Gasteiger partial charge is 0.405 e. The Labute approximate surface area is 204 Å². The topological polar surface area (TPSA) is 61.9 Å².